The summed E-state index contributed by atoms with van der Waals surface area (Å²) in [6.07, 6.45) is 0. The lowest BCUT2D eigenvalue weighted by Gasteiger charge is -2.22. The number of rotatable bonds is 5. The zero-order chi connectivity index (χ0) is 22.3. The number of ether oxygens (including phenoxy) is 2. The van der Waals surface area contributed by atoms with Gasteiger partial charge >= 0.3 is 5.97 Å². The number of nitrogens with zero attached hydrogens (tertiary/aromatic N) is 4. The third kappa shape index (κ3) is 3.41. The molecule has 0 N–H and O–H groups in total. The molecule has 2 aromatic carbocycles. The van der Waals surface area contributed by atoms with E-state index < -0.39 is 24.0 Å². The Kier molecular flexibility index (Phi) is 5.18. The van der Waals surface area contributed by atoms with Crippen LogP contribution in [0.25, 0.3) is 0 Å². The van der Waals surface area contributed by atoms with Crippen LogP contribution in [0.15, 0.2) is 46.7 Å². The summed E-state index contributed by atoms with van der Waals surface area (Å²) >= 11 is 0. The molecule has 0 saturated carbocycles. The highest BCUT2D eigenvalue weighted by atomic mass is 16.5. The van der Waals surface area contributed by atoms with Crippen molar-refractivity contribution in [3.63, 3.8) is 0 Å². The van der Waals surface area contributed by atoms with Crippen LogP contribution in [-0.4, -0.2) is 49.1 Å². The molecule has 1 fully saturated rings. The van der Waals surface area contributed by atoms with Gasteiger partial charge in [-0.25, -0.2) is 9.69 Å². The van der Waals surface area contributed by atoms with Gasteiger partial charge < -0.3 is 9.47 Å². The number of hydrogen-bond donors (Lipinski definition) is 0. The Morgan fingerprint density at radius 2 is 1.81 bits per heavy atom. The van der Waals surface area contributed by atoms with E-state index in [1.807, 2.05) is 26.0 Å². The summed E-state index contributed by atoms with van der Waals surface area (Å²) in [5, 5.41) is 9.59. The predicted molar refractivity (Wildman–Crippen MR) is 111 cm³/mol. The average Bonchev–Trinajstić information content (AvgIpc) is 3.29. The van der Waals surface area contributed by atoms with E-state index in [0.717, 1.165) is 11.1 Å². The third-order valence-corrected chi connectivity index (χ3v) is 5.64. The first-order chi connectivity index (χ1) is 14.8. The van der Waals surface area contributed by atoms with E-state index in [2.05, 4.69) is 10.3 Å². The summed E-state index contributed by atoms with van der Waals surface area (Å²) < 4.78 is 10.2. The van der Waals surface area contributed by atoms with Crippen molar-refractivity contribution in [1.82, 2.24) is 5.01 Å². The smallest absolute Gasteiger partial charge is 0.337 e. The van der Waals surface area contributed by atoms with E-state index in [1.165, 1.54) is 24.1 Å². The lowest BCUT2D eigenvalue weighted by atomic mass is 10.1. The molecule has 2 aromatic rings. The Labute approximate surface area is 179 Å². The number of benzene rings is 2. The quantitative estimate of drug-likeness (QED) is 0.542. The van der Waals surface area contributed by atoms with Gasteiger partial charge in [-0.2, -0.15) is 5.11 Å². The first-order valence-electron chi connectivity index (χ1n) is 9.73. The van der Waals surface area contributed by atoms with Crippen LogP contribution >= 0.6 is 0 Å². The Bertz CT molecular complexity index is 1110. The second-order valence-corrected chi connectivity index (χ2v) is 7.49. The van der Waals surface area contributed by atoms with Crippen LogP contribution in [0.1, 0.15) is 27.0 Å². The first-order valence-corrected chi connectivity index (χ1v) is 9.73. The lowest BCUT2D eigenvalue weighted by molar-refractivity contribution is -0.123. The second-order valence-electron chi connectivity index (χ2n) is 7.49. The van der Waals surface area contributed by atoms with Crippen LogP contribution in [0.2, 0.25) is 0 Å². The zero-order valence-electron chi connectivity index (χ0n) is 17.7. The molecule has 9 heteroatoms. The zero-order valence-corrected chi connectivity index (χ0v) is 17.7. The van der Waals surface area contributed by atoms with Crippen LogP contribution in [-0.2, 0) is 20.9 Å². The van der Waals surface area contributed by atoms with Crippen molar-refractivity contribution < 1.29 is 23.9 Å². The number of anilines is 1. The molecule has 0 aliphatic carbocycles. The molecule has 160 valence electrons. The van der Waals surface area contributed by atoms with E-state index in [-0.39, 0.29) is 12.5 Å². The molecule has 31 heavy (non-hydrogen) atoms. The summed E-state index contributed by atoms with van der Waals surface area (Å²) in [4.78, 5) is 39.2. The minimum absolute atomic E-state index is 0.137. The topological polar surface area (TPSA) is 101 Å². The van der Waals surface area contributed by atoms with Crippen LogP contribution in [0.4, 0.5) is 5.69 Å². The van der Waals surface area contributed by atoms with Crippen molar-refractivity contribution in [3.8, 4) is 5.75 Å². The van der Waals surface area contributed by atoms with Gasteiger partial charge in [0.05, 0.1) is 32.0 Å². The van der Waals surface area contributed by atoms with Gasteiger partial charge in [0.25, 0.3) is 11.8 Å². The minimum Gasteiger partial charge on any atom is -0.496 e. The van der Waals surface area contributed by atoms with Crippen molar-refractivity contribution in [2.45, 2.75) is 32.5 Å². The number of hydrogen-bond acceptors (Lipinski definition) is 8. The highest BCUT2D eigenvalue weighted by molar-refractivity contribution is 6.25. The molecular formula is C22H22N4O5. The number of carbonyl (C=O) groups excluding carboxylic acids is 3. The van der Waals surface area contributed by atoms with Crippen molar-refractivity contribution in [2.24, 2.45) is 10.3 Å². The number of methoxy groups -OCH3 is 2. The van der Waals surface area contributed by atoms with Crippen LogP contribution < -0.4 is 9.64 Å². The Hall–Kier alpha value is -3.75. The van der Waals surface area contributed by atoms with Crippen molar-refractivity contribution in [3.05, 3.63) is 58.7 Å². The highest BCUT2D eigenvalue weighted by Gasteiger charge is 2.54. The summed E-state index contributed by atoms with van der Waals surface area (Å²) in [7, 11) is 2.81. The molecule has 0 aromatic heterocycles. The molecule has 1 saturated heterocycles. The number of fused-ring (bicyclic) bond motifs is 1. The summed E-state index contributed by atoms with van der Waals surface area (Å²) in [6.45, 7) is 4.03. The van der Waals surface area contributed by atoms with E-state index in [4.69, 9.17) is 9.47 Å². The first kappa shape index (κ1) is 20.5. The number of aryl methyl sites for hydroxylation is 2. The SMILES string of the molecule is COC(=O)c1ccc(OC)c(CN2N=N[C@@H]3C(=O)N(c4ccc(C)c(C)c4)C(=O)[C@H]32)c1. The molecule has 2 heterocycles. The van der Waals surface area contributed by atoms with Gasteiger partial charge in [-0.05, 0) is 55.3 Å². The van der Waals surface area contributed by atoms with Crippen molar-refractivity contribution >= 4 is 23.5 Å². The molecule has 9 nitrogen and oxygen atoms in total. The third-order valence-electron chi connectivity index (χ3n) is 5.64. The molecule has 2 aliphatic rings. The van der Waals surface area contributed by atoms with Gasteiger partial charge in [-0.1, -0.05) is 11.3 Å². The van der Waals surface area contributed by atoms with Gasteiger partial charge in [0.1, 0.15) is 5.75 Å². The summed E-state index contributed by atoms with van der Waals surface area (Å²) in [5.74, 6) is -0.752. The van der Waals surface area contributed by atoms with Gasteiger partial charge in [0, 0.05) is 5.56 Å². The average molecular weight is 422 g/mol. The number of esters is 1. The summed E-state index contributed by atoms with van der Waals surface area (Å²) in [5.41, 5.74) is 3.54. The maximum atomic E-state index is 13.2. The number of imide groups is 1. The molecule has 2 aliphatic heterocycles. The standard InChI is InChI=1S/C22H22N4O5/c1-12-5-7-16(9-13(12)2)26-20(27)18-19(21(26)28)25(24-23-18)11-15-10-14(22(29)31-4)6-8-17(15)30-3/h5-10,18-19H,11H2,1-4H3/t18-,19-/m0/s1. The number of amides is 2. The van der Waals surface area contributed by atoms with Gasteiger partial charge in [-0.15, -0.1) is 0 Å². The van der Waals surface area contributed by atoms with Crippen molar-refractivity contribution in [2.75, 3.05) is 19.1 Å². The van der Waals surface area contributed by atoms with Gasteiger partial charge in [-0.3, -0.25) is 14.6 Å². The van der Waals surface area contributed by atoms with Crippen LogP contribution in [0.3, 0.4) is 0 Å². The maximum Gasteiger partial charge on any atom is 0.337 e. The van der Waals surface area contributed by atoms with Crippen LogP contribution in [0, 0.1) is 13.8 Å². The molecule has 2 amide bonds. The fourth-order valence-electron chi connectivity index (χ4n) is 3.79. The normalized spacial score (nSPS) is 19.7. The van der Waals surface area contributed by atoms with E-state index in [9.17, 15) is 14.4 Å². The Morgan fingerprint density at radius 3 is 2.48 bits per heavy atom. The molecule has 4 rings (SSSR count). The van der Waals surface area contributed by atoms with E-state index >= 15 is 0 Å². The highest BCUT2D eigenvalue weighted by Crippen LogP contribution is 2.34. The fourth-order valence-corrected chi connectivity index (χ4v) is 3.79. The van der Waals surface area contributed by atoms with Gasteiger partial charge in [0.2, 0.25) is 0 Å². The molecular weight excluding hydrogens is 400 g/mol. The molecule has 0 radical (unpaired) electrons. The monoisotopic (exact) mass is 422 g/mol. The maximum absolute atomic E-state index is 13.2. The second kappa shape index (κ2) is 7.82. The van der Waals surface area contributed by atoms with E-state index in [0.29, 0.717) is 22.6 Å². The van der Waals surface area contributed by atoms with Crippen LogP contribution in [0.5, 0.6) is 5.75 Å². The predicted octanol–water partition coefficient (Wildman–Crippen LogP) is 2.59. The minimum atomic E-state index is -0.899. The molecule has 2 atom stereocenters. The van der Waals surface area contributed by atoms with Crippen molar-refractivity contribution in [1.29, 1.82) is 0 Å². The largest absolute Gasteiger partial charge is 0.496 e. The summed E-state index contributed by atoms with van der Waals surface area (Å²) in [6, 6.07) is 8.56. The molecule has 0 bridgehead atoms. The molecule has 0 spiro atoms. The van der Waals surface area contributed by atoms with Gasteiger partial charge in [0.15, 0.2) is 12.1 Å². The lowest BCUT2D eigenvalue weighted by Crippen LogP contribution is -2.39. The Morgan fingerprint density at radius 1 is 1.03 bits per heavy atom. The Balaban J connectivity index is 1.63. The fraction of sp³-hybridized carbons (Fsp3) is 0.318. The van der Waals surface area contributed by atoms with E-state index in [1.54, 1.807) is 24.3 Å². The number of carbonyl (C=O) groups is 3. The molecule has 0 unspecified atom stereocenters.